The average Bonchev–Trinajstić information content (AvgIpc) is 3.06. The molecule has 0 aliphatic heterocycles. The highest BCUT2D eigenvalue weighted by Crippen LogP contribution is 2.50. The zero-order valence-electron chi connectivity index (χ0n) is 13.1. The molecule has 0 amide bonds. The van der Waals surface area contributed by atoms with Crippen LogP contribution in [0.5, 0.6) is 0 Å². The second-order valence-corrected chi connectivity index (χ2v) is 7.18. The summed E-state index contributed by atoms with van der Waals surface area (Å²) >= 11 is 0. The lowest BCUT2D eigenvalue weighted by Gasteiger charge is -2.26. The Bertz CT molecular complexity index is 439. The molecule has 0 heterocycles. The van der Waals surface area contributed by atoms with Crippen LogP contribution >= 0.6 is 0 Å². The molecule has 0 saturated heterocycles. The van der Waals surface area contributed by atoms with E-state index >= 15 is 0 Å². The molecule has 2 bridgehead atoms. The van der Waals surface area contributed by atoms with Crippen molar-refractivity contribution in [2.45, 2.75) is 57.9 Å². The van der Waals surface area contributed by atoms with E-state index in [1.54, 1.807) is 6.42 Å². The molecule has 1 aromatic rings. The summed E-state index contributed by atoms with van der Waals surface area (Å²) < 4.78 is 0. The molecular weight excluding hydrogens is 242 g/mol. The van der Waals surface area contributed by atoms with Crippen LogP contribution in [0.2, 0.25) is 0 Å². The van der Waals surface area contributed by atoms with Crippen LogP contribution in [0.4, 0.5) is 0 Å². The molecule has 4 unspecified atom stereocenters. The second-order valence-electron chi connectivity index (χ2n) is 7.18. The third-order valence-corrected chi connectivity index (χ3v) is 5.74. The summed E-state index contributed by atoms with van der Waals surface area (Å²) in [6.45, 7) is 2.19. The van der Waals surface area contributed by atoms with E-state index in [4.69, 9.17) is 0 Å². The summed E-state index contributed by atoms with van der Waals surface area (Å²) in [5.41, 5.74) is 2.88. The van der Waals surface area contributed by atoms with Crippen LogP contribution in [0, 0.1) is 24.7 Å². The summed E-state index contributed by atoms with van der Waals surface area (Å²) in [7, 11) is 2.15. The number of benzene rings is 1. The topological polar surface area (TPSA) is 12.0 Å². The van der Waals surface area contributed by atoms with Crippen LogP contribution < -0.4 is 5.32 Å². The van der Waals surface area contributed by atoms with E-state index in [1.807, 2.05) is 0 Å². The van der Waals surface area contributed by atoms with Crippen molar-refractivity contribution in [2.24, 2.45) is 17.8 Å². The Labute approximate surface area is 124 Å². The first-order valence-electron chi connectivity index (χ1n) is 8.47. The van der Waals surface area contributed by atoms with E-state index in [0.29, 0.717) is 6.04 Å². The average molecular weight is 271 g/mol. The highest BCUT2D eigenvalue weighted by Gasteiger charge is 2.39. The van der Waals surface area contributed by atoms with Gasteiger partial charge in [-0.1, -0.05) is 36.2 Å². The van der Waals surface area contributed by atoms with Gasteiger partial charge in [-0.05, 0) is 75.8 Å². The molecule has 0 spiro atoms. The maximum absolute atomic E-state index is 3.57. The Balaban J connectivity index is 1.50. The Hall–Kier alpha value is -0.820. The molecule has 1 nitrogen and oxygen atoms in total. The first-order valence-corrected chi connectivity index (χ1v) is 8.47. The van der Waals surface area contributed by atoms with E-state index in [0.717, 1.165) is 17.8 Å². The quantitative estimate of drug-likeness (QED) is 0.811. The number of fused-ring (bicyclic) bond motifs is 2. The lowest BCUT2D eigenvalue weighted by molar-refractivity contribution is 0.277. The molecule has 1 aromatic carbocycles. The fraction of sp³-hybridized carbons (Fsp3) is 0.684. The molecule has 2 fully saturated rings. The predicted molar refractivity (Wildman–Crippen MR) is 85.9 cm³/mol. The predicted octanol–water partition coefficient (Wildman–Crippen LogP) is 4.34. The van der Waals surface area contributed by atoms with Gasteiger partial charge in [-0.2, -0.15) is 0 Å². The minimum absolute atomic E-state index is 0.708. The molecule has 4 atom stereocenters. The maximum Gasteiger partial charge on any atom is 0.00699 e. The van der Waals surface area contributed by atoms with Crippen LogP contribution in [0.3, 0.4) is 0 Å². The SMILES string of the molecule is CNC(CCc1cccc(C)c1)CC1CC2CCC1C2. The van der Waals surface area contributed by atoms with Crippen molar-refractivity contribution in [2.75, 3.05) is 7.05 Å². The molecule has 1 heteroatoms. The van der Waals surface area contributed by atoms with Crippen molar-refractivity contribution in [3.05, 3.63) is 35.4 Å². The maximum atomic E-state index is 3.57. The van der Waals surface area contributed by atoms with Gasteiger partial charge >= 0.3 is 0 Å². The van der Waals surface area contributed by atoms with Crippen molar-refractivity contribution < 1.29 is 0 Å². The van der Waals surface area contributed by atoms with Gasteiger partial charge in [-0.3, -0.25) is 0 Å². The van der Waals surface area contributed by atoms with Crippen LogP contribution in [0.1, 0.15) is 49.7 Å². The molecule has 110 valence electrons. The number of rotatable bonds is 6. The lowest BCUT2D eigenvalue weighted by Crippen LogP contribution is -2.30. The first-order chi connectivity index (χ1) is 9.74. The number of nitrogens with one attached hydrogen (secondary N) is 1. The molecule has 20 heavy (non-hydrogen) atoms. The van der Waals surface area contributed by atoms with E-state index in [9.17, 15) is 0 Å². The summed E-state index contributed by atoms with van der Waals surface area (Å²) in [5, 5.41) is 3.57. The minimum atomic E-state index is 0.708. The van der Waals surface area contributed by atoms with Crippen molar-refractivity contribution in [1.29, 1.82) is 0 Å². The van der Waals surface area contributed by atoms with Crippen LogP contribution in [0.15, 0.2) is 24.3 Å². The van der Waals surface area contributed by atoms with Gasteiger partial charge in [0.2, 0.25) is 0 Å². The summed E-state index contributed by atoms with van der Waals surface area (Å²) in [6.07, 6.45) is 10.0. The van der Waals surface area contributed by atoms with E-state index < -0.39 is 0 Å². The van der Waals surface area contributed by atoms with Gasteiger partial charge < -0.3 is 5.32 Å². The number of hydrogen-bond donors (Lipinski definition) is 1. The fourth-order valence-electron chi connectivity index (χ4n) is 4.62. The van der Waals surface area contributed by atoms with Gasteiger partial charge in [-0.15, -0.1) is 0 Å². The number of hydrogen-bond acceptors (Lipinski definition) is 1. The smallest absolute Gasteiger partial charge is 0.00699 e. The van der Waals surface area contributed by atoms with Crippen molar-refractivity contribution in [3.8, 4) is 0 Å². The Morgan fingerprint density at radius 2 is 2.15 bits per heavy atom. The highest BCUT2D eigenvalue weighted by atomic mass is 14.9. The fourth-order valence-corrected chi connectivity index (χ4v) is 4.62. The van der Waals surface area contributed by atoms with E-state index in [1.165, 1.54) is 49.7 Å². The highest BCUT2D eigenvalue weighted by molar-refractivity contribution is 5.22. The molecule has 0 radical (unpaired) electrons. The van der Waals surface area contributed by atoms with E-state index in [2.05, 4.69) is 43.6 Å². The Morgan fingerprint density at radius 3 is 2.80 bits per heavy atom. The zero-order chi connectivity index (χ0) is 13.9. The molecule has 2 aliphatic carbocycles. The molecule has 0 aromatic heterocycles. The summed E-state index contributed by atoms with van der Waals surface area (Å²) in [4.78, 5) is 0. The lowest BCUT2D eigenvalue weighted by atomic mass is 9.83. The zero-order valence-corrected chi connectivity index (χ0v) is 13.1. The van der Waals surface area contributed by atoms with Crippen molar-refractivity contribution >= 4 is 0 Å². The molecule has 2 aliphatic rings. The third-order valence-electron chi connectivity index (χ3n) is 5.74. The van der Waals surface area contributed by atoms with Crippen molar-refractivity contribution in [1.82, 2.24) is 5.32 Å². The Kier molecular flexibility index (Phi) is 4.45. The normalized spacial score (nSPS) is 29.8. The van der Waals surface area contributed by atoms with Crippen LogP contribution in [0.25, 0.3) is 0 Å². The van der Waals surface area contributed by atoms with Gasteiger partial charge in [0.15, 0.2) is 0 Å². The van der Waals surface area contributed by atoms with Gasteiger partial charge in [0.05, 0.1) is 0 Å². The van der Waals surface area contributed by atoms with Gasteiger partial charge in [0.1, 0.15) is 0 Å². The van der Waals surface area contributed by atoms with Crippen LogP contribution in [-0.4, -0.2) is 13.1 Å². The second kappa shape index (κ2) is 6.30. The molecule has 1 N–H and O–H groups in total. The van der Waals surface area contributed by atoms with Gasteiger partial charge in [0.25, 0.3) is 0 Å². The van der Waals surface area contributed by atoms with Crippen molar-refractivity contribution in [3.63, 3.8) is 0 Å². The Morgan fingerprint density at radius 1 is 1.25 bits per heavy atom. The number of aryl methyl sites for hydroxylation is 2. The summed E-state index contributed by atoms with van der Waals surface area (Å²) in [6, 6.07) is 9.70. The van der Waals surface area contributed by atoms with Gasteiger partial charge in [-0.25, -0.2) is 0 Å². The largest absolute Gasteiger partial charge is 0.317 e. The first kappa shape index (κ1) is 14.1. The minimum Gasteiger partial charge on any atom is -0.317 e. The third kappa shape index (κ3) is 3.25. The van der Waals surface area contributed by atoms with E-state index in [-0.39, 0.29) is 0 Å². The summed E-state index contributed by atoms with van der Waals surface area (Å²) in [5.74, 6) is 3.16. The van der Waals surface area contributed by atoms with Gasteiger partial charge in [0, 0.05) is 6.04 Å². The molecule has 2 saturated carbocycles. The molecular formula is C19H29N. The van der Waals surface area contributed by atoms with Crippen LogP contribution in [-0.2, 0) is 6.42 Å². The standard InChI is InChI=1S/C19H29N/c1-14-4-3-5-15(10-14)7-9-19(20-2)13-18-12-16-6-8-17(18)11-16/h3-5,10,16-20H,6-9,11-13H2,1-2H3. The molecule has 3 rings (SSSR count). The monoisotopic (exact) mass is 271 g/mol.